The van der Waals surface area contributed by atoms with E-state index >= 15 is 0 Å². The summed E-state index contributed by atoms with van der Waals surface area (Å²) in [6, 6.07) is 22.5. The molecule has 0 amide bonds. The average Bonchev–Trinajstić information content (AvgIpc) is 2.42. The summed E-state index contributed by atoms with van der Waals surface area (Å²) < 4.78 is 0. The van der Waals surface area contributed by atoms with Gasteiger partial charge >= 0.3 is 0 Å². The number of benzene rings is 2. The Kier molecular flexibility index (Phi) is 3.72. The van der Waals surface area contributed by atoms with Crippen molar-refractivity contribution in [2.75, 3.05) is 0 Å². The van der Waals surface area contributed by atoms with Gasteiger partial charge in [-0.25, -0.2) is 0 Å². The van der Waals surface area contributed by atoms with Crippen molar-refractivity contribution in [1.29, 1.82) is 5.26 Å². The van der Waals surface area contributed by atoms with E-state index in [1.165, 1.54) is 11.1 Å². The molecule has 0 aliphatic heterocycles. The van der Waals surface area contributed by atoms with Gasteiger partial charge in [0, 0.05) is 12.0 Å². The first-order chi connectivity index (χ1) is 8.42. The molecule has 0 unspecified atom stereocenters. The molecule has 1 nitrogen and oxygen atoms in total. The zero-order valence-corrected chi connectivity index (χ0v) is 9.45. The van der Waals surface area contributed by atoms with Gasteiger partial charge in [-0.2, -0.15) is 5.26 Å². The Morgan fingerprint density at radius 2 is 1.29 bits per heavy atom. The van der Waals surface area contributed by atoms with Crippen LogP contribution in [0, 0.1) is 11.3 Å². The van der Waals surface area contributed by atoms with Crippen LogP contribution in [0.3, 0.4) is 0 Å². The number of nitriles is 1. The van der Waals surface area contributed by atoms with Crippen LogP contribution in [-0.4, -0.2) is 0 Å². The zero-order valence-electron chi connectivity index (χ0n) is 9.45. The monoisotopic (exact) mass is 219 g/mol. The van der Waals surface area contributed by atoms with Crippen LogP contribution in [0.4, 0.5) is 0 Å². The molecule has 0 N–H and O–H groups in total. The molecule has 0 saturated carbocycles. The van der Waals surface area contributed by atoms with Crippen molar-refractivity contribution in [3.05, 3.63) is 83.9 Å². The smallest absolute Gasteiger partial charge is 0.0909 e. The lowest BCUT2D eigenvalue weighted by Crippen LogP contribution is -1.96. The van der Waals surface area contributed by atoms with Crippen LogP contribution in [-0.2, 0) is 0 Å². The van der Waals surface area contributed by atoms with Crippen molar-refractivity contribution in [3.63, 3.8) is 0 Å². The standard InChI is InChI=1S/C16H13N/c17-13-7-12-16(14-8-3-1-4-9-14)15-10-5-2-6-11-15/h1-12,16H/b12-7+. The lowest BCUT2D eigenvalue weighted by molar-refractivity contribution is 1.03. The second-order valence-corrected chi connectivity index (χ2v) is 3.79. The normalized spacial score (nSPS) is 10.6. The molecule has 82 valence electrons. The Morgan fingerprint density at radius 1 is 0.824 bits per heavy atom. The second-order valence-electron chi connectivity index (χ2n) is 3.79. The van der Waals surface area contributed by atoms with Gasteiger partial charge in [0.15, 0.2) is 0 Å². The van der Waals surface area contributed by atoms with Gasteiger partial charge in [0.2, 0.25) is 0 Å². The average molecular weight is 219 g/mol. The first kappa shape index (κ1) is 11.2. The second kappa shape index (κ2) is 5.67. The van der Waals surface area contributed by atoms with Gasteiger partial charge in [0.1, 0.15) is 0 Å². The molecular formula is C16H13N. The molecule has 0 saturated heterocycles. The van der Waals surface area contributed by atoms with Crippen LogP contribution in [0.25, 0.3) is 0 Å². The summed E-state index contributed by atoms with van der Waals surface area (Å²) in [6.07, 6.45) is 3.48. The molecule has 17 heavy (non-hydrogen) atoms. The molecule has 0 aromatic heterocycles. The van der Waals surface area contributed by atoms with Gasteiger partial charge in [-0.3, -0.25) is 0 Å². The zero-order chi connectivity index (χ0) is 11.9. The van der Waals surface area contributed by atoms with Gasteiger partial charge in [0.25, 0.3) is 0 Å². The third kappa shape index (κ3) is 2.83. The van der Waals surface area contributed by atoms with Gasteiger partial charge in [-0.05, 0) is 11.1 Å². The molecular weight excluding hydrogens is 206 g/mol. The van der Waals surface area contributed by atoms with Crippen LogP contribution in [0.15, 0.2) is 72.8 Å². The number of rotatable bonds is 3. The Morgan fingerprint density at radius 3 is 1.71 bits per heavy atom. The molecule has 0 bridgehead atoms. The predicted octanol–water partition coefficient (Wildman–Crippen LogP) is 3.90. The van der Waals surface area contributed by atoms with E-state index < -0.39 is 0 Å². The third-order valence-electron chi connectivity index (χ3n) is 2.68. The Bertz CT molecular complexity index is 481. The predicted molar refractivity (Wildman–Crippen MR) is 69.5 cm³/mol. The first-order valence-electron chi connectivity index (χ1n) is 5.58. The van der Waals surface area contributed by atoms with Crippen LogP contribution < -0.4 is 0 Å². The van der Waals surface area contributed by atoms with E-state index in [1.807, 2.05) is 42.5 Å². The van der Waals surface area contributed by atoms with Crippen molar-refractivity contribution in [1.82, 2.24) is 0 Å². The molecule has 2 aromatic carbocycles. The van der Waals surface area contributed by atoms with Crippen molar-refractivity contribution >= 4 is 0 Å². The summed E-state index contributed by atoms with van der Waals surface area (Å²) >= 11 is 0. The number of hydrogen-bond donors (Lipinski definition) is 0. The summed E-state index contributed by atoms with van der Waals surface area (Å²) in [5.41, 5.74) is 2.40. The van der Waals surface area contributed by atoms with E-state index in [1.54, 1.807) is 6.08 Å². The Hall–Kier alpha value is -2.33. The highest BCUT2D eigenvalue weighted by Crippen LogP contribution is 2.25. The topological polar surface area (TPSA) is 23.8 Å². The molecule has 2 rings (SSSR count). The summed E-state index contributed by atoms with van der Waals surface area (Å²) in [6.45, 7) is 0. The molecule has 0 aliphatic carbocycles. The van der Waals surface area contributed by atoms with Gasteiger partial charge in [0.05, 0.1) is 6.07 Å². The largest absolute Gasteiger partial charge is 0.193 e. The molecule has 0 spiro atoms. The molecule has 0 heterocycles. The number of nitrogens with zero attached hydrogens (tertiary/aromatic N) is 1. The van der Waals surface area contributed by atoms with E-state index in [-0.39, 0.29) is 5.92 Å². The lowest BCUT2D eigenvalue weighted by Gasteiger charge is -2.13. The quantitative estimate of drug-likeness (QED) is 0.718. The summed E-state index contributed by atoms with van der Waals surface area (Å²) in [5.74, 6) is 0.150. The van der Waals surface area contributed by atoms with E-state index in [4.69, 9.17) is 5.26 Å². The molecule has 0 fully saturated rings. The van der Waals surface area contributed by atoms with Crippen molar-refractivity contribution in [2.45, 2.75) is 5.92 Å². The summed E-state index contributed by atoms with van der Waals surface area (Å²) in [7, 11) is 0. The van der Waals surface area contributed by atoms with E-state index in [9.17, 15) is 0 Å². The van der Waals surface area contributed by atoms with Crippen molar-refractivity contribution < 1.29 is 0 Å². The fourth-order valence-electron chi connectivity index (χ4n) is 1.87. The number of allylic oxidation sites excluding steroid dienone is 2. The highest BCUT2D eigenvalue weighted by Gasteiger charge is 2.09. The van der Waals surface area contributed by atoms with Gasteiger partial charge < -0.3 is 0 Å². The molecule has 0 aliphatic rings. The van der Waals surface area contributed by atoms with Crippen LogP contribution in [0.2, 0.25) is 0 Å². The van der Waals surface area contributed by atoms with E-state index in [2.05, 4.69) is 30.3 Å². The highest BCUT2D eigenvalue weighted by molar-refractivity contribution is 5.37. The maximum Gasteiger partial charge on any atom is 0.0909 e. The van der Waals surface area contributed by atoms with Crippen LogP contribution in [0.1, 0.15) is 17.0 Å². The fourth-order valence-corrected chi connectivity index (χ4v) is 1.87. The SMILES string of the molecule is N#C/C=C/C(c1ccccc1)c1ccccc1. The maximum absolute atomic E-state index is 8.67. The van der Waals surface area contributed by atoms with Gasteiger partial charge in [-0.1, -0.05) is 66.7 Å². The third-order valence-corrected chi connectivity index (χ3v) is 2.68. The molecule has 1 heteroatoms. The van der Waals surface area contributed by atoms with Crippen molar-refractivity contribution in [2.24, 2.45) is 0 Å². The maximum atomic E-state index is 8.67. The summed E-state index contributed by atoms with van der Waals surface area (Å²) in [4.78, 5) is 0. The molecule has 2 aromatic rings. The van der Waals surface area contributed by atoms with Crippen LogP contribution in [0.5, 0.6) is 0 Å². The Labute approximate surface area is 102 Å². The van der Waals surface area contributed by atoms with Crippen molar-refractivity contribution in [3.8, 4) is 6.07 Å². The minimum absolute atomic E-state index is 0.150. The van der Waals surface area contributed by atoms with Gasteiger partial charge in [-0.15, -0.1) is 0 Å². The van der Waals surface area contributed by atoms with Crippen LogP contribution >= 0.6 is 0 Å². The van der Waals surface area contributed by atoms with E-state index in [0.29, 0.717) is 0 Å². The van der Waals surface area contributed by atoms with E-state index in [0.717, 1.165) is 0 Å². The minimum Gasteiger partial charge on any atom is -0.193 e. The molecule has 0 radical (unpaired) electrons. The Balaban J connectivity index is 2.40. The summed E-state index contributed by atoms with van der Waals surface area (Å²) in [5, 5.41) is 8.67. The number of hydrogen-bond acceptors (Lipinski definition) is 1. The highest BCUT2D eigenvalue weighted by atomic mass is 14.2. The fraction of sp³-hybridized carbons (Fsp3) is 0.0625. The first-order valence-corrected chi connectivity index (χ1v) is 5.58. The molecule has 0 atom stereocenters. The lowest BCUT2D eigenvalue weighted by atomic mass is 9.91. The minimum atomic E-state index is 0.150.